The van der Waals surface area contributed by atoms with Gasteiger partial charge in [0.25, 0.3) is 11.8 Å². The summed E-state index contributed by atoms with van der Waals surface area (Å²) in [7, 11) is 0. The standard InChI is InChI=1S/C25H18ClIN2O4/c1-14-3-12-20(13-15(14)2)33-25(32)16-4-8-18(9-5-16)28-22-21(26)23(30)29(24(22)31)19-10-6-17(27)7-11-19/h3-13,28H,1-2H3. The van der Waals surface area contributed by atoms with Gasteiger partial charge in [0.2, 0.25) is 0 Å². The molecule has 0 spiro atoms. The lowest BCUT2D eigenvalue weighted by Crippen LogP contribution is -2.32. The van der Waals surface area contributed by atoms with E-state index < -0.39 is 17.8 Å². The second kappa shape index (κ2) is 9.36. The minimum atomic E-state index is -0.598. The number of halogens is 2. The van der Waals surface area contributed by atoms with Gasteiger partial charge in [0.15, 0.2) is 0 Å². The molecule has 0 radical (unpaired) electrons. The van der Waals surface area contributed by atoms with E-state index in [-0.39, 0.29) is 10.7 Å². The Morgan fingerprint density at radius 2 is 1.58 bits per heavy atom. The van der Waals surface area contributed by atoms with Crippen molar-refractivity contribution in [2.75, 3.05) is 10.2 Å². The highest BCUT2D eigenvalue weighted by atomic mass is 127. The molecule has 4 rings (SSSR count). The summed E-state index contributed by atoms with van der Waals surface area (Å²) >= 11 is 8.31. The van der Waals surface area contributed by atoms with Crippen molar-refractivity contribution in [3.63, 3.8) is 0 Å². The smallest absolute Gasteiger partial charge is 0.343 e. The predicted molar refractivity (Wildman–Crippen MR) is 135 cm³/mol. The molecule has 166 valence electrons. The number of rotatable bonds is 5. The first kappa shape index (κ1) is 23.0. The third-order valence-corrected chi connectivity index (χ3v) is 6.26. The number of amides is 2. The molecule has 0 saturated heterocycles. The van der Waals surface area contributed by atoms with E-state index in [4.69, 9.17) is 16.3 Å². The molecule has 0 atom stereocenters. The molecule has 0 bridgehead atoms. The summed E-state index contributed by atoms with van der Waals surface area (Å²) in [4.78, 5) is 38.9. The first-order chi connectivity index (χ1) is 15.7. The number of hydrogen-bond acceptors (Lipinski definition) is 5. The van der Waals surface area contributed by atoms with Crippen molar-refractivity contribution in [1.82, 2.24) is 0 Å². The van der Waals surface area contributed by atoms with E-state index in [0.29, 0.717) is 22.7 Å². The van der Waals surface area contributed by atoms with Crippen molar-refractivity contribution in [3.05, 3.63) is 97.7 Å². The molecule has 8 heteroatoms. The zero-order valence-electron chi connectivity index (χ0n) is 17.7. The average Bonchev–Trinajstić information content (AvgIpc) is 3.00. The fourth-order valence-electron chi connectivity index (χ4n) is 3.21. The number of nitrogens with zero attached hydrogens (tertiary/aromatic N) is 1. The van der Waals surface area contributed by atoms with E-state index >= 15 is 0 Å². The molecule has 1 heterocycles. The molecule has 0 fully saturated rings. The summed E-state index contributed by atoms with van der Waals surface area (Å²) in [5.74, 6) is -1.18. The highest BCUT2D eigenvalue weighted by Crippen LogP contribution is 2.30. The molecule has 3 aromatic rings. The minimum Gasteiger partial charge on any atom is -0.423 e. The lowest BCUT2D eigenvalue weighted by Gasteiger charge is -2.15. The van der Waals surface area contributed by atoms with Gasteiger partial charge in [-0.1, -0.05) is 17.7 Å². The van der Waals surface area contributed by atoms with Crippen LogP contribution in [0.5, 0.6) is 5.75 Å². The molecule has 6 nitrogen and oxygen atoms in total. The van der Waals surface area contributed by atoms with E-state index in [1.165, 1.54) is 0 Å². The highest BCUT2D eigenvalue weighted by molar-refractivity contribution is 14.1. The zero-order valence-corrected chi connectivity index (χ0v) is 20.6. The van der Waals surface area contributed by atoms with Gasteiger partial charge < -0.3 is 10.1 Å². The minimum absolute atomic E-state index is 0.0225. The van der Waals surface area contributed by atoms with Crippen LogP contribution in [0.15, 0.2) is 77.5 Å². The SMILES string of the molecule is Cc1ccc(OC(=O)c2ccc(NC3=C(Cl)C(=O)N(c4ccc(I)cc4)C3=O)cc2)cc1C. The number of ether oxygens (including phenoxy) is 1. The Balaban J connectivity index is 1.47. The molecule has 1 aliphatic heterocycles. The molecule has 33 heavy (non-hydrogen) atoms. The van der Waals surface area contributed by atoms with Crippen LogP contribution in [-0.2, 0) is 9.59 Å². The van der Waals surface area contributed by atoms with Crippen molar-refractivity contribution in [2.24, 2.45) is 0 Å². The normalized spacial score (nSPS) is 13.5. The van der Waals surface area contributed by atoms with Gasteiger partial charge in [-0.15, -0.1) is 0 Å². The Morgan fingerprint density at radius 1 is 0.909 bits per heavy atom. The number of carbonyl (C=O) groups is 3. The van der Waals surface area contributed by atoms with Gasteiger partial charge in [-0.3, -0.25) is 9.59 Å². The number of imide groups is 1. The van der Waals surface area contributed by atoms with E-state index in [9.17, 15) is 14.4 Å². The van der Waals surface area contributed by atoms with Crippen LogP contribution in [0.2, 0.25) is 0 Å². The predicted octanol–water partition coefficient (Wildman–Crippen LogP) is 5.56. The van der Waals surface area contributed by atoms with E-state index in [0.717, 1.165) is 19.6 Å². The van der Waals surface area contributed by atoms with E-state index in [1.54, 1.807) is 60.7 Å². The molecule has 0 aliphatic carbocycles. The first-order valence-corrected chi connectivity index (χ1v) is 11.4. The quantitative estimate of drug-likeness (QED) is 0.187. The molecule has 0 aromatic heterocycles. The third-order valence-electron chi connectivity index (χ3n) is 5.19. The van der Waals surface area contributed by atoms with Crippen molar-refractivity contribution in [1.29, 1.82) is 0 Å². The first-order valence-electron chi connectivity index (χ1n) is 9.95. The Bertz CT molecular complexity index is 1300. The van der Waals surface area contributed by atoms with E-state index in [1.807, 2.05) is 19.9 Å². The Labute approximate surface area is 209 Å². The fourth-order valence-corrected chi connectivity index (χ4v) is 3.79. The third kappa shape index (κ3) is 4.79. The molecule has 1 aliphatic rings. The summed E-state index contributed by atoms with van der Waals surface area (Å²) in [6.07, 6.45) is 0. The molecule has 1 N–H and O–H groups in total. The Hall–Kier alpha value is -3.17. The largest absolute Gasteiger partial charge is 0.423 e. The number of hydrogen-bond donors (Lipinski definition) is 1. The maximum atomic E-state index is 12.9. The average molecular weight is 573 g/mol. The zero-order chi connectivity index (χ0) is 23.7. The number of aryl methyl sites for hydroxylation is 2. The second-order valence-corrected chi connectivity index (χ2v) is 9.07. The van der Waals surface area contributed by atoms with Crippen LogP contribution >= 0.6 is 34.2 Å². The Kier molecular flexibility index (Phi) is 6.53. The van der Waals surface area contributed by atoms with Crippen LogP contribution in [0.1, 0.15) is 21.5 Å². The van der Waals surface area contributed by atoms with Gasteiger partial charge in [0, 0.05) is 9.26 Å². The molecule has 0 unspecified atom stereocenters. The van der Waals surface area contributed by atoms with Crippen molar-refractivity contribution in [3.8, 4) is 5.75 Å². The molecule has 0 saturated carbocycles. The van der Waals surface area contributed by atoms with Gasteiger partial charge in [0.05, 0.1) is 11.3 Å². The number of carbonyl (C=O) groups excluding carboxylic acids is 3. The fraction of sp³-hybridized carbons (Fsp3) is 0.0800. The summed E-state index contributed by atoms with van der Waals surface area (Å²) < 4.78 is 6.41. The van der Waals surface area contributed by atoms with Gasteiger partial charge in [-0.05, 0) is 108 Å². The van der Waals surface area contributed by atoms with Crippen molar-refractivity contribution < 1.29 is 19.1 Å². The van der Waals surface area contributed by atoms with Gasteiger partial charge in [-0.2, -0.15) is 0 Å². The van der Waals surface area contributed by atoms with Crippen LogP contribution in [-0.4, -0.2) is 17.8 Å². The summed E-state index contributed by atoms with van der Waals surface area (Å²) in [6, 6.07) is 18.8. The Morgan fingerprint density at radius 3 is 2.21 bits per heavy atom. The summed E-state index contributed by atoms with van der Waals surface area (Å²) in [6.45, 7) is 3.93. The van der Waals surface area contributed by atoms with Crippen LogP contribution in [0.3, 0.4) is 0 Å². The topological polar surface area (TPSA) is 75.7 Å². The lowest BCUT2D eigenvalue weighted by atomic mass is 10.1. The maximum Gasteiger partial charge on any atom is 0.343 e. The number of nitrogens with one attached hydrogen (secondary N) is 1. The van der Waals surface area contributed by atoms with Gasteiger partial charge >= 0.3 is 5.97 Å². The van der Waals surface area contributed by atoms with Crippen molar-refractivity contribution >= 4 is 63.4 Å². The van der Waals surface area contributed by atoms with Crippen LogP contribution in [0, 0.1) is 17.4 Å². The molecule has 3 aromatic carbocycles. The maximum absolute atomic E-state index is 12.9. The second-order valence-electron chi connectivity index (χ2n) is 7.45. The number of esters is 1. The molecular weight excluding hydrogens is 555 g/mol. The number of anilines is 2. The lowest BCUT2D eigenvalue weighted by molar-refractivity contribution is -0.120. The summed E-state index contributed by atoms with van der Waals surface area (Å²) in [5, 5.41) is 2.70. The van der Waals surface area contributed by atoms with Gasteiger partial charge in [-0.25, -0.2) is 9.69 Å². The van der Waals surface area contributed by atoms with Crippen LogP contribution in [0.4, 0.5) is 11.4 Å². The van der Waals surface area contributed by atoms with Crippen LogP contribution < -0.4 is 15.0 Å². The molecular formula is C25H18ClIN2O4. The highest BCUT2D eigenvalue weighted by Gasteiger charge is 2.38. The number of benzene rings is 3. The summed E-state index contributed by atoms with van der Waals surface area (Å²) in [5.41, 5.74) is 3.39. The van der Waals surface area contributed by atoms with Gasteiger partial charge in [0.1, 0.15) is 16.5 Å². The monoisotopic (exact) mass is 572 g/mol. The van der Waals surface area contributed by atoms with E-state index in [2.05, 4.69) is 27.9 Å². The van der Waals surface area contributed by atoms with Crippen LogP contribution in [0.25, 0.3) is 0 Å². The molecule has 2 amide bonds. The van der Waals surface area contributed by atoms with Crippen molar-refractivity contribution in [2.45, 2.75) is 13.8 Å².